The van der Waals surface area contributed by atoms with Crippen LogP contribution in [0.4, 0.5) is 0 Å². The van der Waals surface area contributed by atoms with Gasteiger partial charge in [-0.05, 0) is 40.6 Å². The predicted molar refractivity (Wildman–Crippen MR) is 80.6 cm³/mol. The molecule has 2 aromatic rings. The average molecular weight is 343 g/mol. The van der Waals surface area contributed by atoms with Crippen LogP contribution >= 0.6 is 22.9 Å². The van der Waals surface area contributed by atoms with Gasteiger partial charge >= 0.3 is 0 Å². The van der Waals surface area contributed by atoms with E-state index in [1.54, 1.807) is 22.9 Å². The van der Waals surface area contributed by atoms with Crippen LogP contribution in [0.1, 0.15) is 17.2 Å². The molecule has 5 nitrogen and oxygen atoms in total. The van der Waals surface area contributed by atoms with E-state index in [1.807, 2.05) is 0 Å². The highest BCUT2D eigenvalue weighted by Gasteiger charge is 2.20. The maximum atomic E-state index is 12.2. The van der Waals surface area contributed by atoms with Crippen molar-refractivity contribution in [1.29, 1.82) is 5.26 Å². The zero-order valence-electron chi connectivity index (χ0n) is 10.7. The molecular weight excluding hydrogens is 332 g/mol. The molecule has 1 aromatic heterocycles. The van der Waals surface area contributed by atoms with E-state index >= 15 is 0 Å². The van der Waals surface area contributed by atoms with Gasteiger partial charge in [0.1, 0.15) is 11.0 Å². The molecule has 1 unspecified atom stereocenters. The zero-order chi connectivity index (χ0) is 15.5. The molecule has 0 radical (unpaired) electrons. The van der Waals surface area contributed by atoms with E-state index in [0.29, 0.717) is 5.56 Å². The van der Waals surface area contributed by atoms with E-state index in [0.717, 1.165) is 0 Å². The Morgan fingerprint density at radius 1 is 1.43 bits per heavy atom. The number of nitriles is 1. The minimum Gasteiger partial charge on any atom is -0.387 e. The van der Waals surface area contributed by atoms with Crippen molar-refractivity contribution in [2.24, 2.45) is 0 Å². The zero-order valence-corrected chi connectivity index (χ0v) is 13.0. The summed E-state index contributed by atoms with van der Waals surface area (Å²) in [6.07, 6.45) is -0.948. The number of rotatable bonds is 5. The van der Waals surface area contributed by atoms with Gasteiger partial charge in [-0.1, -0.05) is 11.6 Å². The van der Waals surface area contributed by atoms with Crippen LogP contribution in [0.2, 0.25) is 5.02 Å². The van der Waals surface area contributed by atoms with Crippen molar-refractivity contribution in [3.63, 3.8) is 0 Å². The van der Waals surface area contributed by atoms with E-state index in [1.165, 1.54) is 29.5 Å². The molecule has 0 fully saturated rings. The number of hydrogen-bond donors (Lipinski definition) is 2. The van der Waals surface area contributed by atoms with Gasteiger partial charge in [0, 0.05) is 11.6 Å². The molecule has 0 aliphatic heterocycles. The molecule has 0 saturated heterocycles. The molecule has 0 saturated carbocycles. The molecule has 0 aliphatic carbocycles. The minimum absolute atomic E-state index is 0.00285. The summed E-state index contributed by atoms with van der Waals surface area (Å²) in [7, 11) is -3.93. The molecule has 1 aromatic carbocycles. The molecule has 110 valence electrons. The molecule has 2 rings (SSSR count). The summed E-state index contributed by atoms with van der Waals surface area (Å²) >= 11 is 7.18. The first-order chi connectivity index (χ1) is 9.94. The Labute approximate surface area is 131 Å². The van der Waals surface area contributed by atoms with Gasteiger partial charge in [-0.15, -0.1) is 0 Å². The minimum atomic E-state index is -3.93. The third kappa shape index (κ3) is 3.81. The predicted octanol–water partition coefficient (Wildman–Crippen LogP) is 2.29. The third-order valence-electron chi connectivity index (χ3n) is 2.75. The Bertz CT molecular complexity index is 767. The monoisotopic (exact) mass is 342 g/mol. The number of nitrogens with one attached hydrogen (secondary N) is 1. The molecule has 0 aliphatic rings. The molecule has 0 bridgehead atoms. The molecule has 21 heavy (non-hydrogen) atoms. The average Bonchev–Trinajstić information content (AvgIpc) is 2.99. The number of benzene rings is 1. The number of halogens is 1. The van der Waals surface area contributed by atoms with Gasteiger partial charge in [0.05, 0.1) is 11.7 Å². The summed E-state index contributed by atoms with van der Waals surface area (Å²) in [4.78, 5) is -0.199. The first-order valence-electron chi connectivity index (χ1n) is 5.83. The number of thiophene rings is 1. The standard InChI is InChI=1S/C13H11ClN2O3S2/c14-11-2-1-9(6-15)13(5-11)21(18,19)16-7-12(17)10-3-4-20-8-10/h1-5,8,12,16-17H,7H2. The largest absolute Gasteiger partial charge is 0.387 e. The number of aliphatic hydroxyl groups is 1. The van der Waals surface area contributed by atoms with Crippen LogP contribution in [0.3, 0.4) is 0 Å². The first-order valence-corrected chi connectivity index (χ1v) is 8.64. The smallest absolute Gasteiger partial charge is 0.242 e. The van der Waals surface area contributed by atoms with E-state index in [9.17, 15) is 13.5 Å². The highest BCUT2D eigenvalue weighted by atomic mass is 35.5. The topological polar surface area (TPSA) is 90.2 Å². The molecule has 0 amide bonds. The van der Waals surface area contributed by atoms with E-state index in [-0.39, 0.29) is 22.0 Å². The van der Waals surface area contributed by atoms with E-state index < -0.39 is 16.1 Å². The Balaban J connectivity index is 2.20. The maximum Gasteiger partial charge on any atom is 0.242 e. The number of sulfonamides is 1. The Morgan fingerprint density at radius 2 is 2.19 bits per heavy atom. The Morgan fingerprint density at radius 3 is 2.81 bits per heavy atom. The van der Waals surface area contributed by atoms with Gasteiger partial charge < -0.3 is 5.11 Å². The molecule has 8 heteroatoms. The lowest BCUT2D eigenvalue weighted by Gasteiger charge is -2.12. The van der Waals surface area contributed by atoms with E-state index in [2.05, 4.69) is 4.72 Å². The maximum absolute atomic E-state index is 12.2. The Kier molecular flexibility index (Phi) is 4.98. The van der Waals surface area contributed by atoms with Crippen LogP contribution in [0.5, 0.6) is 0 Å². The van der Waals surface area contributed by atoms with Gasteiger partial charge in [-0.2, -0.15) is 16.6 Å². The van der Waals surface area contributed by atoms with Gasteiger partial charge in [0.2, 0.25) is 10.0 Å². The lowest BCUT2D eigenvalue weighted by Crippen LogP contribution is -2.29. The highest BCUT2D eigenvalue weighted by Crippen LogP contribution is 2.21. The lowest BCUT2D eigenvalue weighted by molar-refractivity contribution is 0.182. The van der Waals surface area contributed by atoms with Crippen molar-refractivity contribution in [3.8, 4) is 6.07 Å². The second-order valence-corrected chi connectivity index (χ2v) is 7.13. The van der Waals surface area contributed by atoms with Crippen molar-refractivity contribution >= 4 is 33.0 Å². The lowest BCUT2D eigenvalue weighted by atomic mass is 10.2. The molecular formula is C13H11ClN2O3S2. The number of hydrogen-bond acceptors (Lipinski definition) is 5. The van der Waals surface area contributed by atoms with Crippen LogP contribution in [-0.4, -0.2) is 20.1 Å². The number of nitrogens with zero attached hydrogens (tertiary/aromatic N) is 1. The molecule has 1 heterocycles. The summed E-state index contributed by atoms with van der Waals surface area (Å²) < 4.78 is 26.7. The molecule has 2 N–H and O–H groups in total. The van der Waals surface area contributed by atoms with Gasteiger partial charge in [0.15, 0.2) is 0 Å². The second kappa shape index (κ2) is 6.56. The SMILES string of the molecule is N#Cc1ccc(Cl)cc1S(=O)(=O)NCC(O)c1ccsc1. The highest BCUT2D eigenvalue weighted by molar-refractivity contribution is 7.89. The first kappa shape index (κ1) is 15.9. The van der Waals surface area contributed by atoms with Crippen LogP contribution in [0, 0.1) is 11.3 Å². The van der Waals surface area contributed by atoms with Crippen LogP contribution in [0.15, 0.2) is 39.9 Å². The fourth-order valence-electron chi connectivity index (χ4n) is 1.66. The van der Waals surface area contributed by atoms with Crippen molar-refractivity contribution in [2.45, 2.75) is 11.0 Å². The van der Waals surface area contributed by atoms with Gasteiger partial charge in [0.25, 0.3) is 0 Å². The fourth-order valence-corrected chi connectivity index (χ4v) is 3.82. The summed E-state index contributed by atoms with van der Waals surface area (Å²) in [5.41, 5.74) is 0.631. The second-order valence-electron chi connectivity index (χ2n) is 4.18. The van der Waals surface area contributed by atoms with E-state index in [4.69, 9.17) is 16.9 Å². The Hall–Kier alpha value is -1.43. The van der Waals surface area contributed by atoms with Crippen molar-refractivity contribution in [1.82, 2.24) is 4.72 Å². The third-order valence-corrected chi connectivity index (χ3v) is 5.15. The summed E-state index contributed by atoms with van der Waals surface area (Å²) in [6.45, 7) is -0.184. The van der Waals surface area contributed by atoms with Crippen LogP contribution in [0.25, 0.3) is 0 Å². The van der Waals surface area contributed by atoms with Gasteiger partial charge in [-0.3, -0.25) is 0 Å². The van der Waals surface area contributed by atoms with Crippen molar-refractivity contribution in [3.05, 3.63) is 51.2 Å². The van der Waals surface area contributed by atoms with Crippen LogP contribution in [-0.2, 0) is 10.0 Å². The summed E-state index contributed by atoms with van der Waals surface area (Å²) in [5, 5.41) is 22.6. The quantitative estimate of drug-likeness (QED) is 0.872. The normalized spacial score (nSPS) is 12.8. The van der Waals surface area contributed by atoms with Crippen molar-refractivity contribution < 1.29 is 13.5 Å². The summed E-state index contributed by atoms with van der Waals surface area (Å²) in [6, 6.07) is 7.51. The van der Waals surface area contributed by atoms with Crippen molar-refractivity contribution in [2.75, 3.05) is 6.54 Å². The van der Waals surface area contributed by atoms with Gasteiger partial charge in [-0.25, -0.2) is 13.1 Å². The van der Waals surface area contributed by atoms with Crippen LogP contribution < -0.4 is 4.72 Å². The molecule has 0 spiro atoms. The molecule has 1 atom stereocenters. The summed E-state index contributed by atoms with van der Waals surface area (Å²) in [5.74, 6) is 0. The fraction of sp³-hybridized carbons (Fsp3) is 0.154. The number of aliphatic hydroxyl groups excluding tert-OH is 1.